The van der Waals surface area contributed by atoms with E-state index in [1.54, 1.807) is 36.4 Å². The van der Waals surface area contributed by atoms with E-state index >= 15 is 0 Å². The lowest BCUT2D eigenvalue weighted by Crippen LogP contribution is -2.42. The fourth-order valence-electron chi connectivity index (χ4n) is 3.73. The van der Waals surface area contributed by atoms with Gasteiger partial charge in [-0.2, -0.15) is 0 Å². The highest BCUT2D eigenvalue weighted by Crippen LogP contribution is 2.28. The zero-order valence-corrected chi connectivity index (χ0v) is 20.0. The Labute approximate surface area is 191 Å². The monoisotopic (exact) mass is 450 g/mol. The molecule has 1 unspecified atom stereocenters. The number of carbonyl (C=O) groups is 1. The molecule has 3 aromatic rings. The minimum absolute atomic E-state index is 0.149. The van der Waals surface area contributed by atoms with E-state index in [0.717, 1.165) is 27.8 Å². The topological polar surface area (TPSA) is 66.5 Å². The summed E-state index contributed by atoms with van der Waals surface area (Å²) in [6.07, 6.45) is 0. The van der Waals surface area contributed by atoms with E-state index in [4.69, 9.17) is 0 Å². The number of benzene rings is 3. The Bertz CT molecular complexity index is 1220. The Morgan fingerprint density at radius 1 is 0.875 bits per heavy atom. The molecule has 0 spiro atoms. The molecule has 168 valence electrons. The summed E-state index contributed by atoms with van der Waals surface area (Å²) >= 11 is 0. The molecule has 0 aliphatic rings. The van der Waals surface area contributed by atoms with Crippen LogP contribution in [0.2, 0.25) is 0 Å². The minimum Gasteiger partial charge on any atom is -0.348 e. The van der Waals surface area contributed by atoms with Crippen LogP contribution in [0.1, 0.15) is 40.8 Å². The largest absolute Gasteiger partial charge is 0.348 e. The minimum atomic E-state index is -3.93. The van der Waals surface area contributed by atoms with Crippen LogP contribution in [-0.2, 0) is 14.8 Å². The normalized spacial score (nSPS) is 12.3. The molecule has 0 aliphatic carbocycles. The van der Waals surface area contributed by atoms with Gasteiger partial charge in [-0.15, -0.1) is 0 Å². The molecule has 1 N–H and O–H groups in total. The molecule has 0 heterocycles. The fourth-order valence-corrected chi connectivity index (χ4v) is 5.23. The van der Waals surface area contributed by atoms with Crippen molar-refractivity contribution in [3.63, 3.8) is 0 Å². The lowest BCUT2D eigenvalue weighted by atomic mass is 10.00. The van der Waals surface area contributed by atoms with E-state index in [2.05, 4.69) is 5.32 Å². The van der Waals surface area contributed by atoms with Crippen molar-refractivity contribution in [2.75, 3.05) is 10.8 Å². The van der Waals surface area contributed by atoms with Crippen molar-refractivity contribution < 1.29 is 13.2 Å². The van der Waals surface area contributed by atoms with Crippen LogP contribution in [0.25, 0.3) is 0 Å². The summed E-state index contributed by atoms with van der Waals surface area (Å²) in [5, 5.41) is 2.98. The molecule has 0 saturated carbocycles. The molecule has 1 amide bonds. The van der Waals surface area contributed by atoms with E-state index in [-0.39, 0.29) is 23.4 Å². The first-order chi connectivity index (χ1) is 15.1. The second-order valence-corrected chi connectivity index (χ2v) is 10.1. The first-order valence-corrected chi connectivity index (χ1v) is 12.0. The molecule has 0 saturated heterocycles. The van der Waals surface area contributed by atoms with Gasteiger partial charge in [-0.05, 0) is 75.1 Å². The molecule has 0 aliphatic heterocycles. The van der Waals surface area contributed by atoms with Gasteiger partial charge in [-0.25, -0.2) is 8.42 Å². The number of nitrogens with zero attached hydrogens (tertiary/aromatic N) is 1. The third-order valence-electron chi connectivity index (χ3n) is 5.53. The Hall–Kier alpha value is -3.12. The van der Waals surface area contributed by atoms with Gasteiger partial charge in [-0.1, -0.05) is 54.1 Å². The van der Waals surface area contributed by atoms with Crippen LogP contribution in [0.15, 0.2) is 71.6 Å². The van der Waals surface area contributed by atoms with Crippen molar-refractivity contribution in [1.29, 1.82) is 0 Å². The van der Waals surface area contributed by atoms with E-state index in [1.807, 2.05) is 65.0 Å². The highest BCUT2D eigenvalue weighted by atomic mass is 32.2. The van der Waals surface area contributed by atoms with Crippen LogP contribution in [0, 0.1) is 27.7 Å². The molecule has 0 fully saturated rings. The second kappa shape index (κ2) is 9.57. The number of sulfonamides is 1. The van der Waals surface area contributed by atoms with Gasteiger partial charge in [0.15, 0.2) is 0 Å². The molecule has 5 nitrogen and oxygen atoms in total. The summed E-state index contributed by atoms with van der Waals surface area (Å²) in [6, 6.07) is 19.7. The van der Waals surface area contributed by atoms with Crippen LogP contribution in [0.5, 0.6) is 0 Å². The molecule has 32 heavy (non-hydrogen) atoms. The van der Waals surface area contributed by atoms with Crippen LogP contribution >= 0.6 is 0 Å². The molecule has 0 bridgehead atoms. The maximum absolute atomic E-state index is 13.5. The molecule has 0 radical (unpaired) electrons. The van der Waals surface area contributed by atoms with Gasteiger partial charge in [0.2, 0.25) is 5.91 Å². The molecule has 0 aromatic heterocycles. The third-order valence-corrected chi connectivity index (χ3v) is 7.30. The average molecular weight is 451 g/mol. The van der Waals surface area contributed by atoms with Crippen molar-refractivity contribution >= 4 is 21.6 Å². The Morgan fingerprint density at radius 3 is 2.12 bits per heavy atom. The van der Waals surface area contributed by atoms with Crippen molar-refractivity contribution in [2.45, 2.75) is 45.6 Å². The smallest absolute Gasteiger partial charge is 0.264 e. The van der Waals surface area contributed by atoms with Gasteiger partial charge in [0.05, 0.1) is 16.6 Å². The van der Waals surface area contributed by atoms with Crippen LogP contribution in [0.4, 0.5) is 5.69 Å². The van der Waals surface area contributed by atoms with Gasteiger partial charge in [-0.3, -0.25) is 9.10 Å². The summed E-state index contributed by atoms with van der Waals surface area (Å²) in [4.78, 5) is 13.2. The van der Waals surface area contributed by atoms with Gasteiger partial charge in [0, 0.05) is 0 Å². The fraction of sp³-hybridized carbons (Fsp3) is 0.269. The quantitative estimate of drug-likeness (QED) is 0.551. The van der Waals surface area contributed by atoms with Crippen molar-refractivity contribution in [3.8, 4) is 0 Å². The van der Waals surface area contributed by atoms with Crippen LogP contribution in [-0.4, -0.2) is 20.9 Å². The molecular formula is C26H30N2O3S. The summed E-state index contributed by atoms with van der Waals surface area (Å²) in [6.45, 7) is 9.36. The van der Waals surface area contributed by atoms with Gasteiger partial charge in [0.25, 0.3) is 10.0 Å². The van der Waals surface area contributed by atoms with E-state index in [9.17, 15) is 13.2 Å². The summed E-state index contributed by atoms with van der Waals surface area (Å²) in [5.41, 5.74) is 5.40. The Balaban J connectivity index is 1.95. The average Bonchev–Trinajstić information content (AvgIpc) is 2.76. The number of rotatable bonds is 7. The maximum Gasteiger partial charge on any atom is 0.264 e. The zero-order valence-electron chi connectivity index (χ0n) is 19.2. The molecule has 3 rings (SSSR count). The second-order valence-electron chi connectivity index (χ2n) is 8.26. The zero-order chi connectivity index (χ0) is 23.5. The van der Waals surface area contributed by atoms with E-state index < -0.39 is 10.0 Å². The van der Waals surface area contributed by atoms with Crippen LogP contribution in [0.3, 0.4) is 0 Å². The first kappa shape index (κ1) is 23.5. The number of nitrogens with one attached hydrogen (secondary N) is 1. The van der Waals surface area contributed by atoms with Gasteiger partial charge in [0.1, 0.15) is 6.54 Å². The van der Waals surface area contributed by atoms with Crippen LogP contribution < -0.4 is 9.62 Å². The summed E-state index contributed by atoms with van der Waals surface area (Å²) in [5.74, 6) is -0.362. The number of carbonyl (C=O) groups excluding carboxylic acids is 1. The number of hydrogen-bond donors (Lipinski definition) is 1. The van der Waals surface area contributed by atoms with Gasteiger partial charge < -0.3 is 5.32 Å². The number of anilines is 1. The predicted octanol–water partition coefficient (Wildman–Crippen LogP) is 4.99. The van der Waals surface area contributed by atoms with E-state index in [1.165, 1.54) is 4.31 Å². The molecular weight excluding hydrogens is 420 g/mol. The van der Waals surface area contributed by atoms with Crippen molar-refractivity contribution in [2.24, 2.45) is 0 Å². The Morgan fingerprint density at radius 2 is 1.47 bits per heavy atom. The van der Waals surface area contributed by atoms with Crippen molar-refractivity contribution in [3.05, 3.63) is 94.5 Å². The molecule has 1 atom stereocenters. The lowest BCUT2D eigenvalue weighted by molar-refractivity contribution is -0.120. The number of hydrogen-bond acceptors (Lipinski definition) is 3. The number of aryl methyl sites for hydroxylation is 4. The van der Waals surface area contributed by atoms with E-state index in [0.29, 0.717) is 5.69 Å². The summed E-state index contributed by atoms with van der Waals surface area (Å²) in [7, 11) is -3.93. The first-order valence-electron chi connectivity index (χ1n) is 10.6. The highest BCUT2D eigenvalue weighted by Gasteiger charge is 2.28. The molecule has 3 aromatic carbocycles. The van der Waals surface area contributed by atoms with Gasteiger partial charge >= 0.3 is 0 Å². The maximum atomic E-state index is 13.5. The molecule has 6 heteroatoms. The van der Waals surface area contributed by atoms with Crippen molar-refractivity contribution in [1.82, 2.24) is 5.32 Å². The standard InChI is InChI=1S/C26H30N2O3S/c1-18-11-13-20(3)24(15-18)22(5)27-26(29)17-28(25-16-19(2)12-14-21(25)4)32(30,31)23-9-7-6-8-10-23/h6-16,22H,17H2,1-5H3,(H,27,29). The Kier molecular flexibility index (Phi) is 7.04. The SMILES string of the molecule is Cc1ccc(C)c(C(C)NC(=O)CN(c2cc(C)ccc2C)S(=O)(=O)c2ccccc2)c1. The summed E-state index contributed by atoms with van der Waals surface area (Å²) < 4.78 is 28.3. The third kappa shape index (κ3) is 5.19. The lowest BCUT2D eigenvalue weighted by Gasteiger charge is -2.27. The number of amides is 1. The highest BCUT2D eigenvalue weighted by molar-refractivity contribution is 7.92. The predicted molar refractivity (Wildman–Crippen MR) is 129 cm³/mol.